The molecule has 0 aliphatic carbocycles. The normalized spacial score (nSPS) is 25.7. The summed E-state index contributed by atoms with van der Waals surface area (Å²) in [7, 11) is 0. The van der Waals surface area contributed by atoms with Crippen molar-refractivity contribution in [3.8, 4) is 0 Å². The van der Waals surface area contributed by atoms with Gasteiger partial charge in [0.1, 0.15) is 12.3 Å². The number of quaternary nitrogens is 1. The fraction of sp³-hybridized carbons (Fsp3) is 1.00. The second kappa shape index (κ2) is 5.07. The summed E-state index contributed by atoms with van der Waals surface area (Å²) in [6, 6.07) is 0. The highest BCUT2D eigenvalue weighted by Crippen LogP contribution is 2.19. The third kappa shape index (κ3) is 2.08. The van der Waals surface area contributed by atoms with Gasteiger partial charge in [0.15, 0.2) is 0 Å². The van der Waals surface area contributed by atoms with Crippen LogP contribution in [0.15, 0.2) is 0 Å². The Morgan fingerprint density at radius 2 is 1.50 bits per heavy atom. The van der Waals surface area contributed by atoms with E-state index in [9.17, 15) is 0 Å². The molecule has 0 amide bonds. The molecule has 1 saturated heterocycles. The number of hydrogen-bond donors (Lipinski definition) is 3. The van der Waals surface area contributed by atoms with E-state index in [1.807, 2.05) is 0 Å². The van der Waals surface area contributed by atoms with Crippen molar-refractivity contribution in [1.82, 2.24) is 5.32 Å². The van der Waals surface area contributed by atoms with E-state index < -0.39 is 0 Å². The molecule has 0 bridgehead atoms. The summed E-state index contributed by atoms with van der Waals surface area (Å²) >= 11 is 0. The summed E-state index contributed by atoms with van der Waals surface area (Å²) in [6.07, 6.45) is 2.42. The van der Waals surface area contributed by atoms with Gasteiger partial charge >= 0.3 is 0 Å². The largest absolute Gasteiger partial charge is 0.306 e. The fourth-order valence-corrected chi connectivity index (χ4v) is 2.45. The van der Waals surface area contributed by atoms with Gasteiger partial charge in [-0.25, -0.2) is 0 Å². The molecule has 4 nitrogen and oxygen atoms in total. The Balaban J connectivity index is 2.76. The van der Waals surface area contributed by atoms with E-state index >= 15 is 0 Å². The van der Waals surface area contributed by atoms with Crippen LogP contribution in [0, 0.1) is 0 Å². The van der Waals surface area contributed by atoms with Gasteiger partial charge in [-0.1, -0.05) is 13.8 Å². The molecule has 2 unspecified atom stereocenters. The molecule has 1 rings (SSSR count). The number of hydrogen-bond acceptors (Lipinski definition) is 3. The SMILES string of the molecule is CCC(N)[N+]1(C(N)CC)CCNCC1. The summed E-state index contributed by atoms with van der Waals surface area (Å²) in [5, 5.41) is 3.37. The molecular weight excluding hydrogens is 176 g/mol. The van der Waals surface area contributed by atoms with Gasteiger partial charge < -0.3 is 5.32 Å². The molecule has 1 aliphatic rings. The maximum absolute atomic E-state index is 6.22. The lowest BCUT2D eigenvalue weighted by Crippen LogP contribution is -2.72. The van der Waals surface area contributed by atoms with E-state index in [-0.39, 0.29) is 12.3 Å². The van der Waals surface area contributed by atoms with Crippen LogP contribution in [-0.4, -0.2) is 43.0 Å². The van der Waals surface area contributed by atoms with E-state index in [2.05, 4.69) is 19.2 Å². The van der Waals surface area contributed by atoms with Crippen LogP contribution in [0.4, 0.5) is 0 Å². The molecule has 0 spiro atoms. The van der Waals surface area contributed by atoms with Crippen LogP contribution >= 0.6 is 0 Å². The first-order chi connectivity index (χ1) is 6.67. The highest BCUT2D eigenvalue weighted by Gasteiger charge is 2.39. The van der Waals surface area contributed by atoms with Crippen LogP contribution in [0.25, 0.3) is 0 Å². The zero-order valence-electron chi connectivity index (χ0n) is 9.50. The van der Waals surface area contributed by atoms with Gasteiger partial charge in [-0.2, -0.15) is 0 Å². The van der Waals surface area contributed by atoms with Crippen molar-refractivity contribution in [2.45, 2.75) is 39.0 Å². The monoisotopic (exact) mass is 201 g/mol. The van der Waals surface area contributed by atoms with Gasteiger partial charge in [-0.3, -0.25) is 16.0 Å². The van der Waals surface area contributed by atoms with E-state index in [4.69, 9.17) is 11.5 Å². The standard InChI is InChI=1S/C10H25N4/c1-3-9(11)14(10(12)4-2)7-5-13-6-8-14/h9-10,13H,3-8,11-12H2,1-2H3/q+1. The molecule has 1 fully saturated rings. The summed E-state index contributed by atoms with van der Waals surface area (Å²) in [6.45, 7) is 8.53. The van der Waals surface area contributed by atoms with Crippen LogP contribution in [0.3, 0.4) is 0 Å². The van der Waals surface area contributed by atoms with Crippen molar-refractivity contribution in [3.05, 3.63) is 0 Å². The lowest BCUT2D eigenvalue weighted by molar-refractivity contribution is -0.974. The van der Waals surface area contributed by atoms with Crippen molar-refractivity contribution < 1.29 is 4.48 Å². The lowest BCUT2D eigenvalue weighted by Gasteiger charge is -2.49. The third-order valence-electron chi connectivity index (χ3n) is 3.57. The van der Waals surface area contributed by atoms with E-state index in [0.717, 1.165) is 43.5 Å². The van der Waals surface area contributed by atoms with Crippen molar-refractivity contribution in [3.63, 3.8) is 0 Å². The molecule has 84 valence electrons. The highest BCUT2D eigenvalue weighted by molar-refractivity contribution is 4.64. The van der Waals surface area contributed by atoms with Gasteiger partial charge in [0.2, 0.25) is 0 Å². The van der Waals surface area contributed by atoms with E-state index in [0.29, 0.717) is 0 Å². The zero-order valence-corrected chi connectivity index (χ0v) is 9.50. The lowest BCUT2D eigenvalue weighted by atomic mass is 10.1. The quantitative estimate of drug-likeness (QED) is 0.552. The Morgan fingerprint density at radius 3 is 1.86 bits per heavy atom. The van der Waals surface area contributed by atoms with Crippen LogP contribution < -0.4 is 16.8 Å². The molecule has 2 atom stereocenters. The summed E-state index contributed by atoms with van der Waals surface area (Å²) in [4.78, 5) is 0. The molecule has 0 aromatic heterocycles. The molecule has 4 heteroatoms. The van der Waals surface area contributed by atoms with Crippen molar-refractivity contribution in [2.24, 2.45) is 11.5 Å². The van der Waals surface area contributed by atoms with Crippen LogP contribution in [0.5, 0.6) is 0 Å². The van der Waals surface area contributed by atoms with Gasteiger partial charge in [0, 0.05) is 25.9 Å². The second-order valence-electron chi connectivity index (χ2n) is 4.25. The summed E-state index contributed by atoms with van der Waals surface area (Å²) in [5.41, 5.74) is 12.4. The summed E-state index contributed by atoms with van der Waals surface area (Å²) < 4.78 is 0.903. The number of piperazine rings is 1. The Hall–Kier alpha value is -0.160. The highest BCUT2D eigenvalue weighted by atomic mass is 15.5. The first-order valence-electron chi connectivity index (χ1n) is 5.75. The minimum atomic E-state index is 0.201. The zero-order chi connectivity index (χ0) is 10.6. The molecule has 14 heavy (non-hydrogen) atoms. The molecular formula is C10H25N4+. The van der Waals surface area contributed by atoms with Gasteiger partial charge in [0.25, 0.3) is 0 Å². The number of nitrogens with one attached hydrogen (secondary N) is 1. The number of nitrogens with zero attached hydrogens (tertiary/aromatic N) is 1. The number of nitrogens with two attached hydrogens (primary N) is 2. The Labute approximate surface area is 87.2 Å². The summed E-state index contributed by atoms with van der Waals surface area (Å²) in [5.74, 6) is 0. The molecule has 0 aromatic carbocycles. The smallest absolute Gasteiger partial charge is 0.141 e. The Morgan fingerprint density at radius 1 is 1.07 bits per heavy atom. The molecule has 0 radical (unpaired) electrons. The maximum atomic E-state index is 6.22. The van der Waals surface area contributed by atoms with Crippen LogP contribution in [-0.2, 0) is 0 Å². The van der Waals surface area contributed by atoms with E-state index in [1.54, 1.807) is 0 Å². The third-order valence-corrected chi connectivity index (χ3v) is 3.57. The molecule has 5 N–H and O–H groups in total. The van der Waals surface area contributed by atoms with Gasteiger partial charge in [-0.05, 0) is 0 Å². The first-order valence-corrected chi connectivity index (χ1v) is 5.75. The Bertz CT molecular complexity index is 154. The average molecular weight is 201 g/mol. The molecule has 1 heterocycles. The minimum absolute atomic E-state index is 0.201. The van der Waals surface area contributed by atoms with Crippen LogP contribution in [0.2, 0.25) is 0 Å². The number of rotatable bonds is 4. The molecule has 0 saturated carbocycles. The van der Waals surface area contributed by atoms with Crippen LogP contribution in [0.1, 0.15) is 26.7 Å². The van der Waals surface area contributed by atoms with Crippen molar-refractivity contribution >= 4 is 0 Å². The minimum Gasteiger partial charge on any atom is -0.306 e. The predicted octanol–water partition coefficient (Wildman–Crippen LogP) is -0.204. The first kappa shape index (κ1) is 11.9. The molecule has 0 aromatic rings. The van der Waals surface area contributed by atoms with Crippen molar-refractivity contribution in [2.75, 3.05) is 26.2 Å². The van der Waals surface area contributed by atoms with Gasteiger partial charge in [-0.15, -0.1) is 0 Å². The topological polar surface area (TPSA) is 64.1 Å². The van der Waals surface area contributed by atoms with Crippen molar-refractivity contribution in [1.29, 1.82) is 0 Å². The van der Waals surface area contributed by atoms with E-state index in [1.165, 1.54) is 0 Å². The fourth-order valence-electron chi connectivity index (χ4n) is 2.45. The van der Waals surface area contributed by atoms with Gasteiger partial charge in [0.05, 0.1) is 13.1 Å². The maximum Gasteiger partial charge on any atom is 0.141 e. The Kier molecular flexibility index (Phi) is 4.31. The predicted molar refractivity (Wildman–Crippen MR) is 59.4 cm³/mol. The average Bonchev–Trinajstić information content (AvgIpc) is 2.27. The molecule has 1 aliphatic heterocycles. The second-order valence-corrected chi connectivity index (χ2v) is 4.25.